The number of aryl methyl sites for hydroxylation is 1. The third kappa shape index (κ3) is 3.84. The Bertz CT molecular complexity index is 702. The molecule has 3 rings (SSSR count). The van der Waals surface area contributed by atoms with Crippen LogP contribution < -0.4 is 4.90 Å². The molecule has 2 heterocycles. The smallest absolute Gasteiger partial charge is 0.233 e. The zero-order chi connectivity index (χ0) is 17.1. The van der Waals surface area contributed by atoms with Gasteiger partial charge in [0, 0.05) is 25.0 Å². The van der Waals surface area contributed by atoms with Gasteiger partial charge in [-0.1, -0.05) is 0 Å². The van der Waals surface area contributed by atoms with Crippen LogP contribution in [0.2, 0.25) is 0 Å². The zero-order valence-electron chi connectivity index (χ0n) is 13.6. The van der Waals surface area contributed by atoms with E-state index in [2.05, 4.69) is 15.1 Å². The first-order valence-electron chi connectivity index (χ1n) is 7.72. The molecule has 0 atom stereocenters. The lowest BCUT2D eigenvalue weighted by Crippen LogP contribution is -2.60. The van der Waals surface area contributed by atoms with Crippen molar-refractivity contribution in [2.75, 3.05) is 30.8 Å². The summed E-state index contributed by atoms with van der Waals surface area (Å²) in [5.41, 5.74) is 0.890. The lowest BCUT2D eigenvalue weighted by molar-refractivity contribution is -0.129. The Morgan fingerprint density at radius 3 is 2.58 bits per heavy atom. The summed E-state index contributed by atoms with van der Waals surface area (Å²) >= 11 is 1.42. The SMILES string of the molecule is Cc1ccc(N2CC(N(C)C(=O)CSc3ccc(F)cc3)C2)nn1. The van der Waals surface area contributed by atoms with Crippen molar-refractivity contribution in [2.45, 2.75) is 17.9 Å². The third-order valence-corrected chi connectivity index (χ3v) is 5.08. The normalized spacial score (nSPS) is 14.4. The molecule has 0 saturated carbocycles. The van der Waals surface area contributed by atoms with Crippen LogP contribution in [0.4, 0.5) is 10.2 Å². The van der Waals surface area contributed by atoms with E-state index in [4.69, 9.17) is 0 Å². The summed E-state index contributed by atoms with van der Waals surface area (Å²) in [7, 11) is 1.83. The molecule has 1 saturated heterocycles. The molecule has 0 aliphatic carbocycles. The molecule has 0 unspecified atom stereocenters. The summed E-state index contributed by atoms with van der Waals surface area (Å²) in [5, 5.41) is 8.21. The standard InChI is InChI=1S/C17H19FN4OS/c1-12-3-8-16(20-19-12)22-9-14(10-22)21(2)17(23)11-24-15-6-4-13(18)5-7-15/h3-8,14H,9-11H2,1-2H3. The average molecular weight is 346 g/mol. The van der Waals surface area contributed by atoms with Gasteiger partial charge in [-0.2, -0.15) is 5.10 Å². The number of anilines is 1. The maximum atomic E-state index is 12.9. The van der Waals surface area contributed by atoms with Crippen LogP contribution in [0.3, 0.4) is 0 Å². The van der Waals surface area contributed by atoms with E-state index in [1.807, 2.05) is 26.1 Å². The van der Waals surface area contributed by atoms with Gasteiger partial charge in [-0.15, -0.1) is 16.9 Å². The maximum Gasteiger partial charge on any atom is 0.233 e. The number of aromatic nitrogens is 2. The molecule has 7 heteroatoms. The lowest BCUT2D eigenvalue weighted by atomic mass is 10.1. The van der Waals surface area contributed by atoms with E-state index < -0.39 is 0 Å². The van der Waals surface area contributed by atoms with Gasteiger partial charge in [0.1, 0.15) is 5.82 Å². The van der Waals surface area contributed by atoms with Gasteiger partial charge in [-0.3, -0.25) is 4.79 Å². The number of rotatable bonds is 5. The minimum absolute atomic E-state index is 0.0731. The second kappa shape index (κ2) is 7.17. The fourth-order valence-corrected chi connectivity index (χ4v) is 3.25. The Morgan fingerprint density at radius 2 is 1.96 bits per heavy atom. The summed E-state index contributed by atoms with van der Waals surface area (Å²) in [6.07, 6.45) is 0. The van der Waals surface area contributed by atoms with Gasteiger partial charge < -0.3 is 9.80 Å². The second-order valence-corrected chi connectivity index (χ2v) is 6.89. The van der Waals surface area contributed by atoms with Crippen LogP contribution >= 0.6 is 11.8 Å². The van der Waals surface area contributed by atoms with Crippen molar-refractivity contribution >= 4 is 23.5 Å². The molecule has 1 aliphatic heterocycles. The summed E-state index contributed by atoms with van der Waals surface area (Å²) in [4.78, 5) is 17.1. The Labute approximate surface area is 144 Å². The highest BCUT2D eigenvalue weighted by atomic mass is 32.2. The van der Waals surface area contributed by atoms with Gasteiger partial charge in [0.15, 0.2) is 5.82 Å². The molecule has 0 bridgehead atoms. The average Bonchev–Trinajstić information content (AvgIpc) is 2.54. The molecule has 0 radical (unpaired) electrons. The third-order valence-electron chi connectivity index (χ3n) is 4.09. The predicted octanol–water partition coefficient (Wildman–Crippen LogP) is 2.36. The first-order chi connectivity index (χ1) is 11.5. The van der Waals surface area contributed by atoms with E-state index in [1.165, 1.54) is 23.9 Å². The minimum atomic E-state index is -0.267. The molecular weight excluding hydrogens is 327 g/mol. The highest BCUT2D eigenvalue weighted by Gasteiger charge is 2.33. The van der Waals surface area contributed by atoms with E-state index in [9.17, 15) is 9.18 Å². The Morgan fingerprint density at radius 1 is 1.25 bits per heavy atom. The minimum Gasteiger partial charge on any atom is -0.351 e. The van der Waals surface area contributed by atoms with Crippen molar-refractivity contribution in [3.63, 3.8) is 0 Å². The first-order valence-corrected chi connectivity index (χ1v) is 8.71. The number of nitrogens with zero attached hydrogens (tertiary/aromatic N) is 4. The molecule has 1 amide bonds. The number of carbonyl (C=O) groups excluding carboxylic acids is 1. The highest BCUT2D eigenvalue weighted by molar-refractivity contribution is 8.00. The zero-order valence-corrected chi connectivity index (χ0v) is 14.5. The Balaban J connectivity index is 1.47. The van der Waals surface area contributed by atoms with Crippen LogP contribution in [0, 0.1) is 12.7 Å². The van der Waals surface area contributed by atoms with Crippen molar-refractivity contribution in [1.82, 2.24) is 15.1 Å². The van der Waals surface area contributed by atoms with Crippen LogP contribution in [0.25, 0.3) is 0 Å². The topological polar surface area (TPSA) is 49.3 Å². The maximum absolute atomic E-state index is 12.9. The highest BCUT2D eigenvalue weighted by Crippen LogP contribution is 2.23. The van der Waals surface area contributed by atoms with E-state index in [0.29, 0.717) is 5.75 Å². The summed E-state index contributed by atoms with van der Waals surface area (Å²) in [5.74, 6) is 1.00. The van der Waals surface area contributed by atoms with Crippen molar-refractivity contribution in [1.29, 1.82) is 0 Å². The van der Waals surface area contributed by atoms with Gasteiger partial charge >= 0.3 is 0 Å². The van der Waals surface area contributed by atoms with Crippen molar-refractivity contribution < 1.29 is 9.18 Å². The molecule has 1 aromatic carbocycles. The quantitative estimate of drug-likeness (QED) is 0.778. The first kappa shape index (κ1) is 16.7. The van der Waals surface area contributed by atoms with Crippen LogP contribution in [0.5, 0.6) is 0 Å². The van der Waals surface area contributed by atoms with Gasteiger partial charge in [0.05, 0.1) is 17.5 Å². The molecule has 1 fully saturated rings. The van der Waals surface area contributed by atoms with Crippen molar-refractivity contribution in [3.8, 4) is 0 Å². The summed E-state index contributed by atoms with van der Waals surface area (Å²) in [6.45, 7) is 3.43. The monoisotopic (exact) mass is 346 g/mol. The second-order valence-electron chi connectivity index (χ2n) is 5.84. The van der Waals surface area contributed by atoms with Crippen molar-refractivity contribution in [2.24, 2.45) is 0 Å². The Hall–Kier alpha value is -2.15. The molecule has 0 N–H and O–H groups in total. The predicted molar refractivity (Wildman–Crippen MR) is 92.7 cm³/mol. The number of amides is 1. The fourth-order valence-electron chi connectivity index (χ4n) is 2.43. The van der Waals surface area contributed by atoms with E-state index in [1.54, 1.807) is 17.0 Å². The Kier molecular flexibility index (Phi) is 4.99. The number of benzene rings is 1. The van der Waals surface area contributed by atoms with E-state index in [0.717, 1.165) is 29.5 Å². The van der Waals surface area contributed by atoms with E-state index >= 15 is 0 Å². The molecular formula is C17H19FN4OS. The van der Waals surface area contributed by atoms with Gasteiger partial charge in [0.25, 0.3) is 0 Å². The molecule has 1 aliphatic rings. The van der Waals surface area contributed by atoms with E-state index in [-0.39, 0.29) is 17.8 Å². The number of halogens is 1. The summed E-state index contributed by atoms with van der Waals surface area (Å²) < 4.78 is 12.9. The molecule has 1 aromatic heterocycles. The number of likely N-dealkylation sites (N-methyl/N-ethyl adjacent to an activating group) is 1. The summed E-state index contributed by atoms with van der Waals surface area (Å²) in [6, 6.07) is 10.3. The van der Waals surface area contributed by atoms with Crippen LogP contribution in [-0.2, 0) is 4.79 Å². The molecule has 0 spiro atoms. The number of hydrogen-bond acceptors (Lipinski definition) is 5. The van der Waals surface area contributed by atoms with Crippen LogP contribution in [-0.4, -0.2) is 52.9 Å². The molecule has 126 valence electrons. The number of thioether (sulfide) groups is 1. The van der Waals surface area contributed by atoms with Crippen LogP contribution in [0.1, 0.15) is 5.69 Å². The molecule has 5 nitrogen and oxygen atoms in total. The van der Waals surface area contributed by atoms with Gasteiger partial charge in [-0.05, 0) is 43.3 Å². The molecule has 2 aromatic rings. The van der Waals surface area contributed by atoms with Crippen LogP contribution in [0.15, 0.2) is 41.3 Å². The number of carbonyl (C=O) groups is 1. The lowest BCUT2D eigenvalue weighted by Gasteiger charge is -2.44. The van der Waals surface area contributed by atoms with Gasteiger partial charge in [0.2, 0.25) is 5.91 Å². The van der Waals surface area contributed by atoms with Crippen molar-refractivity contribution in [3.05, 3.63) is 47.9 Å². The molecule has 24 heavy (non-hydrogen) atoms. The fraction of sp³-hybridized carbons (Fsp3) is 0.353. The number of hydrogen-bond donors (Lipinski definition) is 0. The van der Waals surface area contributed by atoms with Gasteiger partial charge in [-0.25, -0.2) is 4.39 Å². The largest absolute Gasteiger partial charge is 0.351 e.